The second-order valence-corrected chi connectivity index (χ2v) is 6.88. The number of halogens is 1. The highest BCUT2D eigenvalue weighted by Crippen LogP contribution is 2.30. The highest BCUT2D eigenvalue weighted by Gasteiger charge is 2.34. The van der Waals surface area contributed by atoms with Gasteiger partial charge in [-0.25, -0.2) is 9.18 Å². The first kappa shape index (κ1) is 17.8. The summed E-state index contributed by atoms with van der Waals surface area (Å²) in [4.78, 5) is 13.4. The van der Waals surface area contributed by atoms with Gasteiger partial charge in [0.2, 0.25) is 0 Å². The summed E-state index contributed by atoms with van der Waals surface area (Å²) in [5.41, 5.74) is 0.571. The molecule has 1 aromatic carbocycles. The summed E-state index contributed by atoms with van der Waals surface area (Å²) < 4.78 is 19.8. The molecule has 2 N–H and O–H groups in total. The maximum absolute atomic E-state index is 14.5. The molecule has 0 unspecified atom stereocenters. The number of hydrogen-bond donors (Lipinski definition) is 2. The van der Waals surface area contributed by atoms with E-state index in [9.17, 15) is 9.18 Å². The van der Waals surface area contributed by atoms with Crippen LogP contribution in [0.1, 0.15) is 38.7 Å². The largest absolute Gasteiger partial charge is 0.488 e. The van der Waals surface area contributed by atoms with Gasteiger partial charge < -0.3 is 19.7 Å². The molecule has 1 fully saturated rings. The lowest BCUT2D eigenvalue weighted by molar-refractivity contribution is 0.0111. The average Bonchev–Trinajstić information content (AvgIpc) is 2.45. The fourth-order valence-corrected chi connectivity index (χ4v) is 2.69. The van der Waals surface area contributed by atoms with Crippen molar-refractivity contribution < 1.29 is 24.0 Å². The van der Waals surface area contributed by atoms with Crippen molar-refractivity contribution in [3.05, 3.63) is 29.8 Å². The molecule has 0 saturated carbocycles. The molecular weight excluding hydrogens is 300 g/mol. The summed E-state index contributed by atoms with van der Waals surface area (Å²) in [6.07, 6.45) is -1.17. The molecule has 0 aromatic heterocycles. The molecule has 0 bridgehead atoms. The zero-order valence-electron chi connectivity index (χ0n) is 13.7. The number of alkyl halides is 1. The average molecular weight is 323 g/mol. The Kier molecular flexibility index (Phi) is 5.32. The molecule has 23 heavy (non-hydrogen) atoms. The third-order valence-corrected chi connectivity index (χ3v) is 3.86. The highest BCUT2D eigenvalue weighted by atomic mass is 19.1. The van der Waals surface area contributed by atoms with Crippen molar-refractivity contribution in [2.45, 2.75) is 44.9 Å². The topological polar surface area (TPSA) is 70.0 Å². The monoisotopic (exact) mass is 323 g/mol. The second kappa shape index (κ2) is 6.89. The van der Waals surface area contributed by atoms with E-state index >= 15 is 0 Å². The summed E-state index contributed by atoms with van der Waals surface area (Å²) in [5.74, 6) is -0.307. The first-order chi connectivity index (χ1) is 10.7. The van der Waals surface area contributed by atoms with Crippen LogP contribution in [-0.2, 0) is 4.74 Å². The Morgan fingerprint density at radius 1 is 1.30 bits per heavy atom. The fraction of sp³-hybridized carbons (Fsp3) is 0.562. The van der Waals surface area contributed by atoms with Crippen LogP contribution in [0.2, 0.25) is 0 Å². The van der Waals surface area contributed by atoms with E-state index in [1.54, 1.807) is 45.0 Å². The Labute approximate surface area is 136 Å². The Morgan fingerprint density at radius 3 is 2.39 bits per heavy atom. The zero-order valence-corrected chi connectivity index (χ0v) is 13.7. The van der Waals surface area contributed by atoms with Crippen LogP contribution in [0.5, 0.6) is 0 Å². The lowest BCUT2D eigenvalue weighted by Crippen LogP contribution is -2.46. The minimum atomic E-state index is -1.53. The minimum absolute atomic E-state index is 0.00393. The number of hydrogen-bond acceptors (Lipinski definition) is 4. The maximum Gasteiger partial charge on any atom is 0.488 e. The van der Waals surface area contributed by atoms with E-state index in [1.165, 1.54) is 4.90 Å². The standard InChI is InChI=1S/C16H23BFNO4/c1-16(2,3)23-15(20)19-9-8-13(14(18)10-19)11-4-6-12(7-5-11)17(21)22/h4-7,13-14,21-22H,8-10H2,1-3H3/t13-,14+/m0/s1. The van der Waals surface area contributed by atoms with Crippen LogP contribution >= 0.6 is 0 Å². The second-order valence-electron chi connectivity index (χ2n) is 6.88. The van der Waals surface area contributed by atoms with Gasteiger partial charge in [0, 0.05) is 12.5 Å². The Balaban J connectivity index is 2.00. The highest BCUT2D eigenvalue weighted by molar-refractivity contribution is 6.58. The van der Waals surface area contributed by atoms with Gasteiger partial charge in [0.05, 0.1) is 6.54 Å². The van der Waals surface area contributed by atoms with Crippen LogP contribution in [0, 0.1) is 0 Å². The third kappa shape index (κ3) is 4.69. The van der Waals surface area contributed by atoms with Crippen LogP contribution < -0.4 is 5.46 Å². The maximum atomic E-state index is 14.5. The molecule has 1 aromatic rings. The minimum Gasteiger partial charge on any atom is -0.444 e. The third-order valence-electron chi connectivity index (χ3n) is 3.86. The van der Waals surface area contributed by atoms with E-state index < -0.39 is 25.0 Å². The zero-order chi connectivity index (χ0) is 17.2. The molecule has 0 spiro atoms. The predicted molar refractivity (Wildman–Crippen MR) is 86.3 cm³/mol. The van der Waals surface area contributed by atoms with E-state index in [2.05, 4.69) is 0 Å². The van der Waals surface area contributed by atoms with E-state index in [-0.39, 0.29) is 12.5 Å². The molecule has 5 nitrogen and oxygen atoms in total. The van der Waals surface area contributed by atoms with Crippen LogP contribution in [0.15, 0.2) is 24.3 Å². The molecule has 0 radical (unpaired) electrons. The number of benzene rings is 1. The number of ether oxygens (including phenoxy) is 1. The van der Waals surface area contributed by atoms with Crippen LogP contribution in [0.25, 0.3) is 0 Å². The first-order valence-corrected chi connectivity index (χ1v) is 7.75. The van der Waals surface area contributed by atoms with Crippen molar-refractivity contribution in [2.24, 2.45) is 0 Å². The van der Waals surface area contributed by atoms with Crippen LogP contribution in [0.4, 0.5) is 9.18 Å². The van der Waals surface area contributed by atoms with Gasteiger partial charge in [0.25, 0.3) is 0 Å². The van der Waals surface area contributed by atoms with Gasteiger partial charge in [-0.3, -0.25) is 0 Å². The van der Waals surface area contributed by atoms with Crippen LogP contribution in [-0.4, -0.2) is 53.0 Å². The number of nitrogens with zero attached hydrogens (tertiary/aromatic N) is 1. The smallest absolute Gasteiger partial charge is 0.444 e. The number of likely N-dealkylation sites (tertiary alicyclic amines) is 1. The number of piperidine rings is 1. The lowest BCUT2D eigenvalue weighted by atomic mass is 9.78. The summed E-state index contributed by atoms with van der Waals surface area (Å²) in [7, 11) is -1.53. The number of carbonyl (C=O) groups is 1. The van der Waals surface area contributed by atoms with Gasteiger partial charge in [0.15, 0.2) is 0 Å². The molecule has 7 heteroatoms. The number of rotatable bonds is 2. The predicted octanol–water partition coefficient (Wildman–Crippen LogP) is 1.43. The van der Waals surface area contributed by atoms with Crippen molar-refractivity contribution in [1.29, 1.82) is 0 Å². The Morgan fingerprint density at radius 2 is 1.91 bits per heavy atom. The van der Waals surface area contributed by atoms with E-state index in [4.69, 9.17) is 14.8 Å². The number of carbonyl (C=O) groups excluding carboxylic acids is 1. The molecule has 1 heterocycles. The normalized spacial score (nSPS) is 21.9. The van der Waals surface area contributed by atoms with Crippen molar-refractivity contribution in [1.82, 2.24) is 4.90 Å². The first-order valence-electron chi connectivity index (χ1n) is 7.75. The molecule has 126 valence electrons. The van der Waals surface area contributed by atoms with Crippen molar-refractivity contribution in [2.75, 3.05) is 13.1 Å². The van der Waals surface area contributed by atoms with Gasteiger partial charge in [-0.1, -0.05) is 24.3 Å². The summed E-state index contributed by atoms with van der Waals surface area (Å²) >= 11 is 0. The SMILES string of the molecule is CC(C)(C)OC(=O)N1CC[C@@H](c2ccc(B(O)O)cc2)[C@H](F)C1. The van der Waals surface area contributed by atoms with E-state index in [0.29, 0.717) is 18.4 Å². The fourth-order valence-electron chi connectivity index (χ4n) is 2.69. The summed E-state index contributed by atoms with van der Waals surface area (Å²) in [5, 5.41) is 18.2. The molecule has 1 saturated heterocycles. The Hall–Kier alpha value is -1.60. The van der Waals surface area contributed by atoms with Gasteiger partial charge in [-0.15, -0.1) is 0 Å². The summed E-state index contributed by atoms with van der Waals surface area (Å²) in [6, 6.07) is 6.56. The molecule has 1 amide bonds. The van der Waals surface area contributed by atoms with Crippen LogP contribution in [0.3, 0.4) is 0 Å². The van der Waals surface area contributed by atoms with Gasteiger partial charge in [-0.2, -0.15) is 0 Å². The lowest BCUT2D eigenvalue weighted by Gasteiger charge is -2.35. The molecule has 0 aliphatic carbocycles. The molecule has 1 aliphatic rings. The molecule has 2 atom stereocenters. The molecular formula is C16H23BFNO4. The quantitative estimate of drug-likeness (QED) is 0.808. The van der Waals surface area contributed by atoms with E-state index in [0.717, 1.165) is 5.56 Å². The number of amides is 1. The van der Waals surface area contributed by atoms with E-state index in [1.807, 2.05) is 0 Å². The van der Waals surface area contributed by atoms with Gasteiger partial charge in [-0.05, 0) is 38.2 Å². The molecule has 1 aliphatic heterocycles. The van der Waals surface area contributed by atoms with Crippen molar-refractivity contribution in [3.63, 3.8) is 0 Å². The van der Waals surface area contributed by atoms with Gasteiger partial charge in [0.1, 0.15) is 11.8 Å². The van der Waals surface area contributed by atoms with Crippen molar-refractivity contribution >= 4 is 18.7 Å². The molecule has 2 rings (SSSR count). The summed E-state index contributed by atoms with van der Waals surface area (Å²) in [6.45, 7) is 5.78. The van der Waals surface area contributed by atoms with Gasteiger partial charge >= 0.3 is 13.2 Å². The van der Waals surface area contributed by atoms with Crippen molar-refractivity contribution in [3.8, 4) is 0 Å². The Bertz CT molecular complexity index is 544.